The van der Waals surface area contributed by atoms with Crippen molar-refractivity contribution >= 4 is 0 Å². The number of rotatable bonds is 1. The summed E-state index contributed by atoms with van der Waals surface area (Å²) in [6.45, 7) is 4.96. The molecule has 1 heteroatoms. The van der Waals surface area contributed by atoms with Gasteiger partial charge in [-0.2, -0.15) is 0 Å². The first-order valence-corrected chi connectivity index (χ1v) is 3.13. The summed E-state index contributed by atoms with van der Waals surface area (Å²) in [5.74, 6) is 5.24. The van der Waals surface area contributed by atoms with Crippen LogP contribution in [0.3, 0.4) is 0 Å². The van der Waals surface area contributed by atoms with Crippen LogP contribution in [0.2, 0.25) is 0 Å². The fourth-order valence-electron chi connectivity index (χ4n) is 0.550. The minimum absolute atomic E-state index is 0.212. The van der Waals surface area contributed by atoms with Crippen LogP contribution in [0.15, 0.2) is 23.6 Å². The smallest absolute Gasteiger partial charge is 0.0980 e. The summed E-state index contributed by atoms with van der Waals surface area (Å²) in [6.07, 6.45) is 3.19. The number of hydrogen-bond acceptors (Lipinski definition) is 0. The van der Waals surface area contributed by atoms with Gasteiger partial charge in [0, 0.05) is 5.57 Å². The van der Waals surface area contributed by atoms with Gasteiger partial charge in [-0.3, -0.25) is 0 Å². The van der Waals surface area contributed by atoms with Gasteiger partial charge in [0.05, 0.1) is 5.83 Å². The van der Waals surface area contributed by atoms with Crippen LogP contribution in [-0.2, 0) is 0 Å². The predicted octanol–water partition coefficient (Wildman–Crippen LogP) is 2.83. The van der Waals surface area contributed by atoms with Crippen molar-refractivity contribution in [2.75, 3.05) is 0 Å². The van der Waals surface area contributed by atoms with E-state index in [-0.39, 0.29) is 5.83 Å². The van der Waals surface area contributed by atoms with Gasteiger partial charge in [-0.15, -0.1) is 5.92 Å². The minimum atomic E-state index is -0.212. The van der Waals surface area contributed by atoms with Crippen LogP contribution < -0.4 is 0 Å². The first-order valence-electron chi connectivity index (χ1n) is 3.13. The molecule has 0 aromatic rings. The summed E-state index contributed by atoms with van der Waals surface area (Å²) >= 11 is 0. The van der Waals surface area contributed by atoms with Gasteiger partial charge in [-0.05, 0) is 26.8 Å². The van der Waals surface area contributed by atoms with Gasteiger partial charge in [0.2, 0.25) is 0 Å². The molecule has 0 N–H and O–H groups in total. The first kappa shape index (κ1) is 8.97. The molecule has 0 saturated heterocycles. The molecule has 0 radical (unpaired) electrons. The Morgan fingerprint density at radius 1 is 1.50 bits per heavy atom. The van der Waals surface area contributed by atoms with E-state index in [0.29, 0.717) is 0 Å². The van der Waals surface area contributed by atoms with Gasteiger partial charge >= 0.3 is 0 Å². The van der Waals surface area contributed by atoms with E-state index in [0.717, 1.165) is 5.57 Å². The lowest BCUT2D eigenvalue weighted by Crippen LogP contribution is -1.71. The lowest BCUT2D eigenvalue weighted by atomic mass is 10.2. The molecule has 0 aliphatic rings. The van der Waals surface area contributed by atoms with E-state index >= 15 is 0 Å². The molecule has 0 saturated carbocycles. The van der Waals surface area contributed by atoms with Crippen LogP contribution in [0.5, 0.6) is 0 Å². The van der Waals surface area contributed by atoms with E-state index in [1.54, 1.807) is 13.0 Å². The van der Waals surface area contributed by atoms with E-state index in [9.17, 15) is 4.39 Å². The van der Waals surface area contributed by atoms with Crippen LogP contribution >= 0.6 is 0 Å². The van der Waals surface area contributed by atoms with Gasteiger partial charge < -0.3 is 0 Å². The van der Waals surface area contributed by atoms with Crippen molar-refractivity contribution in [1.82, 2.24) is 0 Å². The van der Waals surface area contributed by atoms with E-state index in [4.69, 9.17) is 0 Å². The standard InChI is InChI=1S/C9H11F/c1-4-6-9(5-2)7-8(3)10/h5,7H,1-3H3/b8-7+,9-5-. The van der Waals surface area contributed by atoms with Crippen molar-refractivity contribution in [3.63, 3.8) is 0 Å². The van der Waals surface area contributed by atoms with Crippen LogP contribution in [0, 0.1) is 11.8 Å². The minimum Gasteiger partial charge on any atom is -0.212 e. The highest BCUT2D eigenvalue weighted by molar-refractivity contribution is 5.37. The third-order valence-electron chi connectivity index (χ3n) is 0.935. The first-order chi connectivity index (χ1) is 4.70. The molecule has 0 aliphatic carbocycles. The Morgan fingerprint density at radius 3 is 2.40 bits per heavy atom. The zero-order valence-electron chi connectivity index (χ0n) is 6.53. The summed E-state index contributed by atoms with van der Waals surface area (Å²) in [5, 5.41) is 0. The highest BCUT2D eigenvalue weighted by Crippen LogP contribution is 2.01. The Bertz CT molecular complexity index is 207. The largest absolute Gasteiger partial charge is 0.212 e. The van der Waals surface area contributed by atoms with E-state index in [1.807, 2.05) is 6.92 Å². The lowest BCUT2D eigenvalue weighted by Gasteiger charge is -1.86. The molecule has 0 aliphatic heterocycles. The summed E-state index contributed by atoms with van der Waals surface area (Å²) < 4.78 is 12.2. The average Bonchev–Trinajstić information content (AvgIpc) is 1.86. The van der Waals surface area contributed by atoms with E-state index in [1.165, 1.54) is 13.0 Å². The molecule has 0 nitrogen and oxygen atoms in total. The van der Waals surface area contributed by atoms with Gasteiger partial charge in [0.1, 0.15) is 0 Å². The Balaban J connectivity index is 4.36. The second kappa shape index (κ2) is 4.81. The molecule has 0 unspecified atom stereocenters. The van der Waals surface area contributed by atoms with Gasteiger partial charge in [0.25, 0.3) is 0 Å². The molecule has 0 amide bonds. The topological polar surface area (TPSA) is 0 Å². The van der Waals surface area contributed by atoms with Crippen molar-refractivity contribution in [3.8, 4) is 11.8 Å². The highest BCUT2D eigenvalue weighted by atomic mass is 19.1. The maximum absolute atomic E-state index is 12.2. The van der Waals surface area contributed by atoms with Gasteiger partial charge in [-0.1, -0.05) is 12.0 Å². The molecule has 0 bridgehead atoms. The lowest BCUT2D eigenvalue weighted by molar-refractivity contribution is 0.640. The van der Waals surface area contributed by atoms with Crippen molar-refractivity contribution in [1.29, 1.82) is 0 Å². The van der Waals surface area contributed by atoms with Crippen molar-refractivity contribution in [2.45, 2.75) is 20.8 Å². The average molecular weight is 138 g/mol. The third-order valence-corrected chi connectivity index (χ3v) is 0.935. The summed E-state index contributed by atoms with van der Waals surface area (Å²) in [4.78, 5) is 0. The molecule has 0 rings (SSSR count). The molecule has 10 heavy (non-hydrogen) atoms. The monoisotopic (exact) mass is 138 g/mol. The predicted molar refractivity (Wildman–Crippen MR) is 42.1 cm³/mol. The maximum atomic E-state index is 12.2. The molecular weight excluding hydrogens is 127 g/mol. The highest BCUT2D eigenvalue weighted by Gasteiger charge is 1.85. The van der Waals surface area contributed by atoms with Crippen molar-refractivity contribution in [2.24, 2.45) is 0 Å². The fourth-order valence-corrected chi connectivity index (χ4v) is 0.550. The maximum Gasteiger partial charge on any atom is 0.0980 e. The zero-order chi connectivity index (χ0) is 7.98. The second-order valence-electron chi connectivity index (χ2n) is 1.85. The van der Waals surface area contributed by atoms with Crippen molar-refractivity contribution in [3.05, 3.63) is 23.6 Å². The van der Waals surface area contributed by atoms with Crippen LogP contribution in [-0.4, -0.2) is 0 Å². The summed E-state index contributed by atoms with van der Waals surface area (Å²) in [6, 6.07) is 0. The SMILES string of the molecule is CC#CC(/C=C(\C)F)=C/C. The Labute approximate surface area is 61.4 Å². The second-order valence-corrected chi connectivity index (χ2v) is 1.85. The molecule has 0 spiro atoms. The molecule has 0 aromatic heterocycles. The normalized spacial score (nSPS) is 12.4. The van der Waals surface area contributed by atoms with Gasteiger partial charge in [0.15, 0.2) is 0 Å². The fraction of sp³-hybridized carbons (Fsp3) is 0.333. The quantitative estimate of drug-likeness (QED) is 0.386. The summed E-state index contributed by atoms with van der Waals surface area (Å²) in [7, 11) is 0. The molecule has 0 atom stereocenters. The molecule has 0 heterocycles. The molecule has 0 fully saturated rings. The van der Waals surface area contributed by atoms with Crippen LogP contribution in [0.4, 0.5) is 4.39 Å². The molecular formula is C9H11F. The van der Waals surface area contributed by atoms with E-state index < -0.39 is 0 Å². The Morgan fingerprint density at radius 2 is 2.10 bits per heavy atom. The Hall–Kier alpha value is -1.03. The van der Waals surface area contributed by atoms with Crippen LogP contribution in [0.25, 0.3) is 0 Å². The van der Waals surface area contributed by atoms with E-state index in [2.05, 4.69) is 11.8 Å². The van der Waals surface area contributed by atoms with Crippen molar-refractivity contribution < 1.29 is 4.39 Å². The van der Waals surface area contributed by atoms with Gasteiger partial charge in [-0.25, -0.2) is 4.39 Å². The summed E-state index contributed by atoms with van der Waals surface area (Å²) in [5.41, 5.74) is 0.725. The molecule has 54 valence electrons. The third kappa shape index (κ3) is 3.91. The molecule has 0 aromatic carbocycles. The number of allylic oxidation sites excluding steroid dienone is 4. The Kier molecular flexibility index (Phi) is 4.32. The number of halogens is 1. The van der Waals surface area contributed by atoms with Crippen LogP contribution in [0.1, 0.15) is 20.8 Å². The number of hydrogen-bond donors (Lipinski definition) is 0. The zero-order valence-corrected chi connectivity index (χ0v) is 6.53.